The molecule has 1 aliphatic heterocycles. The van der Waals surface area contributed by atoms with Crippen molar-refractivity contribution in [3.63, 3.8) is 0 Å². The molecule has 3 heterocycles. The number of rotatable bonds is 6. The molecule has 0 spiro atoms. The largest absolute Gasteiger partial charge is 0.473 e. The van der Waals surface area contributed by atoms with E-state index >= 15 is 0 Å². The van der Waals surface area contributed by atoms with Crippen LogP contribution in [0.15, 0.2) is 42.7 Å². The maximum absolute atomic E-state index is 14.4. The quantitative estimate of drug-likeness (QED) is 0.600. The lowest BCUT2D eigenvalue weighted by molar-refractivity contribution is 0.102. The Morgan fingerprint density at radius 3 is 3.13 bits per heavy atom. The van der Waals surface area contributed by atoms with Crippen LogP contribution in [-0.2, 0) is 0 Å². The lowest BCUT2D eigenvalue weighted by atomic mass is 10.1. The molecule has 7 nitrogen and oxygen atoms in total. The van der Waals surface area contributed by atoms with Crippen LogP contribution in [0.25, 0.3) is 16.6 Å². The monoisotopic (exact) mass is 439 g/mol. The Hall–Kier alpha value is -3.17. The van der Waals surface area contributed by atoms with E-state index in [0.29, 0.717) is 27.7 Å². The van der Waals surface area contributed by atoms with Gasteiger partial charge in [-0.25, -0.2) is 14.4 Å². The van der Waals surface area contributed by atoms with Crippen molar-refractivity contribution in [3.8, 4) is 16.5 Å². The predicted octanol–water partition coefficient (Wildman–Crippen LogP) is 4.16. The second-order valence-corrected chi connectivity index (χ2v) is 7.92. The Morgan fingerprint density at radius 1 is 1.35 bits per heavy atom. The van der Waals surface area contributed by atoms with E-state index in [4.69, 9.17) is 4.74 Å². The molecule has 9 heteroatoms. The van der Waals surface area contributed by atoms with Crippen LogP contribution in [0.1, 0.15) is 35.3 Å². The first kappa shape index (κ1) is 21.1. The van der Waals surface area contributed by atoms with E-state index in [1.807, 2.05) is 0 Å². The maximum atomic E-state index is 14.4. The molecular formula is C22H22FN5O2S. The van der Waals surface area contributed by atoms with Gasteiger partial charge in [0.1, 0.15) is 34.6 Å². The third-order valence-electron chi connectivity index (χ3n) is 4.94. The fourth-order valence-electron chi connectivity index (χ4n) is 3.38. The van der Waals surface area contributed by atoms with Gasteiger partial charge in [-0.05, 0) is 44.0 Å². The number of aromatic nitrogens is 3. The van der Waals surface area contributed by atoms with Crippen LogP contribution in [0.4, 0.5) is 10.1 Å². The summed E-state index contributed by atoms with van der Waals surface area (Å²) in [4.78, 5) is 25.3. The summed E-state index contributed by atoms with van der Waals surface area (Å²) in [7, 11) is 0. The number of ether oxygens (including phenoxy) is 1. The van der Waals surface area contributed by atoms with Gasteiger partial charge >= 0.3 is 0 Å². The summed E-state index contributed by atoms with van der Waals surface area (Å²) < 4.78 is 20.4. The standard InChI is InChI=1S/C22H22FN5O2S/c1-2-14-5-3-7-16(23)19(14)22-28-18(12-31-22)20(29)27-17-11-25-13-26-21(17)30-15-6-4-9-24-10-8-15/h2-3,5,7,11-13,15,24H,1,4,6,8-10H2,(H,27,29). The van der Waals surface area contributed by atoms with Crippen LogP contribution in [-0.4, -0.2) is 40.1 Å². The average molecular weight is 440 g/mol. The molecule has 1 amide bonds. The Kier molecular flexibility index (Phi) is 6.63. The molecular weight excluding hydrogens is 417 g/mol. The van der Waals surface area contributed by atoms with Crippen molar-refractivity contribution in [3.05, 3.63) is 59.8 Å². The van der Waals surface area contributed by atoms with Gasteiger partial charge in [0.2, 0.25) is 5.88 Å². The number of halogens is 1. The molecule has 1 saturated heterocycles. The zero-order valence-corrected chi connectivity index (χ0v) is 17.6. The van der Waals surface area contributed by atoms with E-state index < -0.39 is 11.7 Å². The van der Waals surface area contributed by atoms with Crippen molar-refractivity contribution in [2.75, 3.05) is 18.4 Å². The van der Waals surface area contributed by atoms with E-state index in [1.54, 1.807) is 23.6 Å². The Morgan fingerprint density at radius 2 is 2.26 bits per heavy atom. The fraction of sp³-hybridized carbons (Fsp3) is 0.273. The van der Waals surface area contributed by atoms with Crippen molar-refractivity contribution < 1.29 is 13.9 Å². The molecule has 0 aliphatic carbocycles. The number of carbonyl (C=O) groups excluding carboxylic acids is 1. The SMILES string of the molecule is C=Cc1cccc(F)c1-c1nc(C(=O)Nc2cncnc2OC2CCCNCC2)cs1. The van der Waals surface area contributed by atoms with Crippen molar-refractivity contribution in [2.45, 2.75) is 25.4 Å². The highest BCUT2D eigenvalue weighted by Gasteiger charge is 2.20. The van der Waals surface area contributed by atoms with Crippen LogP contribution < -0.4 is 15.4 Å². The molecule has 2 N–H and O–H groups in total. The summed E-state index contributed by atoms with van der Waals surface area (Å²) in [5, 5.41) is 8.10. The van der Waals surface area contributed by atoms with Crippen LogP contribution in [0.2, 0.25) is 0 Å². The molecule has 1 unspecified atom stereocenters. The fourth-order valence-corrected chi connectivity index (χ4v) is 4.24. The van der Waals surface area contributed by atoms with Crippen LogP contribution in [0, 0.1) is 5.82 Å². The predicted molar refractivity (Wildman–Crippen MR) is 119 cm³/mol. The van der Waals surface area contributed by atoms with Gasteiger partial charge in [-0.2, -0.15) is 4.98 Å². The number of thiazole rings is 1. The molecule has 1 aliphatic rings. The normalized spacial score (nSPS) is 16.4. The lowest BCUT2D eigenvalue weighted by Gasteiger charge is -2.17. The third kappa shape index (κ3) is 4.95. The Bertz CT molecular complexity index is 1080. The summed E-state index contributed by atoms with van der Waals surface area (Å²) in [5.74, 6) is -0.529. The van der Waals surface area contributed by atoms with Gasteiger partial charge in [0.15, 0.2) is 0 Å². The lowest BCUT2D eigenvalue weighted by Crippen LogP contribution is -2.21. The number of nitrogens with one attached hydrogen (secondary N) is 2. The number of benzene rings is 1. The zero-order chi connectivity index (χ0) is 21.6. The van der Waals surface area contributed by atoms with Gasteiger partial charge in [-0.1, -0.05) is 24.8 Å². The van der Waals surface area contributed by atoms with Crippen molar-refractivity contribution in [1.82, 2.24) is 20.3 Å². The van der Waals surface area contributed by atoms with E-state index in [0.717, 1.165) is 32.4 Å². The minimum Gasteiger partial charge on any atom is -0.473 e. The maximum Gasteiger partial charge on any atom is 0.275 e. The van der Waals surface area contributed by atoms with Gasteiger partial charge in [-0.3, -0.25) is 4.79 Å². The second-order valence-electron chi connectivity index (χ2n) is 7.06. The summed E-state index contributed by atoms with van der Waals surface area (Å²) in [6.07, 6.45) is 7.25. The van der Waals surface area contributed by atoms with E-state index in [-0.39, 0.29) is 11.8 Å². The first-order valence-electron chi connectivity index (χ1n) is 10.0. The number of hydrogen-bond acceptors (Lipinski definition) is 7. The van der Waals surface area contributed by atoms with Gasteiger partial charge in [0, 0.05) is 5.38 Å². The van der Waals surface area contributed by atoms with E-state index in [1.165, 1.54) is 29.9 Å². The van der Waals surface area contributed by atoms with Crippen LogP contribution in [0.5, 0.6) is 5.88 Å². The average Bonchev–Trinajstić information content (AvgIpc) is 3.12. The molecule has 31 heavy (non-hydrogen) atoms. The zero-order valence-electron chi connectivity index (χ0n) is 16.8. The summed E-state index contributed by atoms with van der Waals surface area (Å²) in [6, 6.07) is 4.72. The molecule has 0 bridgehead atoms. The number of anilines is 1. The van der Waals surface area contributed by atoms with Gasteiger partial charge in [-0.15, -0.1) is 11.3 Å². The highest BCUT2D eigenvalue weighted by molar-refractivity contribution is 7.13. The number of nitrogens with zero attached hydrogens (tertiary/aromatic N) is 3. The number of carbonyl (C=O) groups is 1. The summed E-state index contributed by atoms with van der Waals surface area (Å²) in [6.45, 7) is 5.56. The molecule has 0 saturated carbocycles. The van der Waals surface area contributed by atoms with Crippen LogP contribution in [0.3, 0.4) is 0 Å². The topological polar surface area (TPSA) is 89.0 Å². The van der Waals surface area contributed by atoms with Gasteiger partial charge < -0.3 is 15.4 Å². The van der Waals surface area contributed by atoms with E-state index in [2.05, 4.69) is 32.2 Å². The molecule has 1 aromatic carbocycles. The first-order valence-corrected chi connectivity index (χ1v) is 10.9. The minimum atomic E-state index is -0.443. The van der Waals surface area contributed by atoms with Crippen molar-refractivity contribution in [2.24, 2.45) is 0 Å². The number of hydrogen-bond donors (Lipinski definition) is 2. The number of amides is 1. The Balaban J connectivity index is 1.52. The molecule has 1 fully saturated rings. The van der Waals surface area contributed by atoms with Gasteiger partial charge in [0.25, 0.3) is 5.91 Å². The molecule has 0 radical (unpaired) electrons. The first-order chi connectivity index (χ1) is 15.2. The molecule has 2 aromatic heterocycles. The molecule has 3 aromatic rings. The Labute approximate surface area is 183 Å². The molecule has 4 rings (SSSR count). The second kappa shape index (κ2) is 9.76. The highest BCUT2D eigenvalue weighted by Crippen LogP contribution is 2.31. The molecule has 1 atom stereocenters. The van der Waals surface area contributed by atoms with Gasteiger partial charge in [0.05, 0.1) is 11.8 Å². The molecule has 160 valence electrons. The summed E-state index contributed by atoms with van der Waals surface area (Å²) >= 11 is 1.19. The van der Waals surface area contributed by atoms with Crippen molar-refractivity contribution in [1.29, 1.82) is 0 Å². The van der Waals surface area contributed by atoms with E-state index in [9.17, 15) is 9.18 Å². The minimum absolute atomic E-state index is 0.0183. The third-order valence-corrected chi connectivity index (χ3v) is 5.80. The highest BCUT2D eigenvalue weighted by atomic mass is 32.1. The summed E-state index contributed by atoms with van der Waals surface area (Å²) in [5.41, 5.74) is 1.49. The van der Waals surface area contributed by atoms with Crippen molar-refractivity contribution >= 4 is 29.0 Å². The van der Waals surface area contributed by atoms with Crippen LogP contribution >= 0.6 is 11.3 Å². The smallest absolute Gasteiger partial charge is 0.275 e.